The van der Waals surface area contributed by atoms with Crippen LogP contribution in [-0.4, -0.2) is 35.9 Å². The monoisotopic (exact) mass is 231 g/mol. The summed E-state index contributed by atoms with van der Waals surface area (Å²) < 4.78 is 0. The second-order valence-corrected chi connectivity index (χ2v) is 5.01. The predicted molar refractivity (Wildman–Crippen MR) is 66.5 cm³/mol. The Morgan fingerprint density at radius 2 is 2.29 bits per heavy atom. The summed E-state index contributed by atoms with van der Waals surface area (Å²) in [6, 6.07) is 4.86. The minimum atomic E-state index is 0.0408. The van der Waals surface area contributed by atoms with Gasteiger partial charge < -0.3 is 10.2 Å². The quantitative estimate of drug-likeness (QED) is 0.733. The van der Waals surface area contributed by atoms with Gasteiger partial charge in [0, 0.05) is 32.1 Å². The van der Waals surface area contributed by atoms with Gasteiger partial charge >= 0.3 is 0 Å². The Bertz CT molecular complexity index is 472. The minimum Gasteiger partial charge on any atom is -0.348 e. The van der Waals surface area contributed by atoms with Crippen molar-refractivity contribution in [3.05, 3.63) is 23.4 Å². The summed E-state index contributed by atoms with van der Waals surface area (Å²) in [4.78, 5) is 18.3. The lowest BCUT2D eigenvalue weighted by atomic mass is 10.1. The first kappa shape index (κ1) is 10.7. The molecule has 1 saturated heterocycles. The Kier molecular flexibility index (Phi) is 2.40. The molecule has 3 heterocycles. The molecule has 1 fully saturated rings. The first-order valence-electron chi connectivity index (χ1n) is 6.16. The molecule has 1 aromatic rings. The van der Waals surface area contributed by atoms with E-state index in [4.69, 9.17) is 0 Å². The van der Waals surface area contributed by atoms with Crippen molar-refractivity contribution in [2.24, 2.45) is 0 Å². The Hall–Kier alpha value is -1.42. The average Bonchev–Trinajstić information content (AvgIpc) is 2.67. The fourth-order valence-corrected chi connectivity index (χ4v) is 2.88. The van der Waals surface area contributed by atoms with Crippen molar-refractivity contribution >= 4 is 11.6 Å². The van der Waals surface area contributed by atoms with Crippen molar-refractivity contribution in [2.75, 3.05) is 18.0 Å². The number of anilines is 1. The zero-order valence-electron chi connectivity index (χ0n) is 10.2. The Morgan fingerprint density at radius 3 is 3.06 bits per heavy atom. The molecule has 4 heteroatoms. The van der Waals surface area contributed by atoms with Crippen LogP contribution < -0.4 is 10.2 Å². The second-order valence-electron chi connectivity index (χ2n) is 5.01. The van der Waals surface area contributed by atoms with E-state index in [1.807, 2.05) is 6.07 Å². The van der Waals surface area contributed by atoms with Crippen LogP contribution in [0.3, 0.4) is 0 Å². The maximum absolute atomic E-state index is 11.4. The lowest BCUT2D eigenvalue weighted by Gasteiger charge is -2.37. The number of carbonyl (C=O) groups is 1. The number of nitrogens with one attached hydrogen (secondary N) is 1. The third-order valence-corrected chi connectivity index (χ3v) is 3.70. The molecule has 2 atom stereocenters. The molecule has 0 saturated carbocycles. The number of pyridine rings is 1. The molecule has 4 nitrogen and oxygen atoms in total. The summed E-state index contributed by atoms with van der Waals surface area (Å²) in [5.74, 6) is 1.07. The predicted octanol–water partition coefficient (Wildman–Crippen LogP) is 1.01. The summed E-state index contributed by atoms with van der Waals surface area (Å²) in [5.41, 5.74) is 1.85. The molecule has 0 aromatic carbocycles. The van der Waals surface area contributed by atoms with Crippen LogP contribution in [0.5, 0.6) is 0 Å². The molecule has 17 heavy (non-hydrogen) atoms. The number of nitrogens with zero attached hydrogens (tertiary/aromatic N) is 2. The van der Waals surface area contributed by atoms with E-state index in [2.05, 4.69) is 28.2 Å². The standard InChI is InChI=1S/C13H17N3O/c1-8-6-14-7-11-5-10-3-4-12(9(2)17)15-13(10)16(8)11/h3-4,8,11,14H,5-7H2,1-2H3. The van der Waals surface area contributed by atoms with Gasteiger partial charge in [-0.05, 0) is 25.0 Å². The van der Waals surface area contributed by atoms with Crippen molar-refractivity contribution in [3.63, 3.8) is 0 Å². The van der Waals surface area contributed by atoms with E-state index in [1.54, 1.807) is 6.92 Å². The molecule has 0 radical (unpaired) electrons. The summed E-state index contributed by atoms with van der Waals surface area (Å²) in [6.07, 6.45) is 1.04. The van der Waals surface area contributed by atoms with Crippen LogP contribution in [0.15, 0.2) is 12.1 Å². The van der Waals surface area contributed by atoms with Crippen molar-refractivity contribution in [3.8, 4) is 0 Å². The number of ketones is 1. The van der Waals surface area contributed by atoms with Crippen molar-refractivity contribution in [1.29, 1.82) is 0 Å². The Balaban J connectivity index is 2.03. The first-order chi connectivity index (χ1) is 8.16. The molecular weight excluding hydrogens is 214 g/mol. The van der Waals surface area contributed by atoms with Crippen LogP contribution in [-0.2, 0) is 6.42 Å². The minimum absolute atomic E-state index is 0.0408. The van der Waals surface area contributed by atoms with Crippen LogP contribution in [0.25, 0.3) is 0 Å². The summed E-state index contributed by atoms with van der Waals surface area (Å²) in [5, 5.41) is 3.44. The molecule has 1 aromatic heterocycles. The first-order valence-corrected chi connectivity index (χ1v) is 6.16. The van der Waals surface area contributed by atoms with Gasteiger partial charge in [0.25, 0.3) is 0 Å². The molecule has 0 bridgehead atoms. The molecule has 2 aliphatic heterocycles. The lowest BCUT2D eigenvalue weighted by Crippen LogP contribution is -2.55. The van der Waals surface area contributed by atoms with E-state index in [0.717, 1.165) is 25.3 Å². The molecular formula is C13H17N3O. The van der Waals surface area contributed by atoms with E-state index < -0.39 is 0 Å². The van der Waals surface area contributed by atoms with Gasteiger partial charge in [-0.1, -0.05) is 6.07 Å². The smallest absolute Gasteiger partial charge is 0.178 e. The molecule has 90 valence electrons. The number of hydrogen-bond acceptors (Lipinski definition) is 4. The number of hydrogen-bond donors (Lipinski definition) is 1. The van der Waals surface area contributed by atoms with Gasteiger partial charge in [0.15, 0.2) is 5.78 Å². The van der Waals surface area contributed by atoms with E-state index in [9.17, 15) is 4.79 Å². The molecule has 0 aliphatic carbocycles. The van der Waals surface area contributed by atoms with E-state index in [-0.39, 0.29) is 5.78 Å². The Labute approximate surface area is 101 Å². The number of aromatic nitrogens is 1. The van der Waals surface area contributed by atoms with Gasteiger partial charge in [0.1, 0.15) is 11.5 Å². The highest BCUT2D eigenvalue weighted by atomic mass is 16.1. The SMILES string of the molecule is CC(=O)c1ccc2c(n1)N1C(C)CNCC1C2. The number of rotatable bonds is 1. The summed E-state index contributed by atoms with van der Waals surface area (Å²) in [7, 11) is 0. The van der Waals surface area contributed by atoms with Gasteiger partial charge in [-0.2, -0.15) is 0 Å². The van der Waals surface area contributed by atoms with Gasteiger partial charge in [-0.25, -0.2) is 4.98 Å². The normalized spacial score (nSPS) is 26.6. The highest BCUT2D eigenvalue weighted by molar-refractivity contribution is 5.92. The van der Waals surface area contributed by atoms with Crippen LogP contribution in [0.4, 0.5) is 5.82 Å². The van der Waals surface area contributed by atoms with E-state index in [0.29, 0.717) is 17.8 Å². The molecule has 1 N–H and O–H groups in total. The fraction of sp³-hybridized carbons (Fsp3) is 0.538. The van der Waals surface area contributed by atoms with Crippen molar-refractivity contribution < 1.29 is 4.79 Å². The molecule has 2 unspecified atom stereocenters. The topological polar surface area (TPSA) is 45.2 Å². The van der Waals surface area contributed by atoms with E-state index >= 15 is 0 Å². The summed E-state index contributed by atoms with van der Waals surface area (Å²) in [6.45, 7) is 5.77. The number of carbonyl (C=O) groups excluding carboxylic acids is 1. The number of Topliss-reactive ketones (excluding diaryl/α,β-unsaturated/α-hetero) is 1. The number of piperazine rings is 1. The molecule has 0 spiro atoms. The van der Waals surface area contributed by atoms with Gasteiger partial charge in [-0.15, -0.1) is 0 Å². The van der Waals surface area contributed by atoms with Gasteiger partial charge in [-0.3, -0.25) is 4.79 Å². The molecule has 3 rings (SSSR count). The third-order valence-electron chi connectivity index (χ3n) is 3.70. The highest BCUT2D eigenvalue weighted by Gasteiger charge is 2.36. The van der Waals surface area contributed by atoms with E-state index in [1.165, 1.54) is 5.56 Å². The maximum Gasteiger partial charge on any atom is 0.178 e. The average molecular weight is 231 g/mol. The van der Waals surface area contributed by atoms with Crippen LogP contribution in [0, 0.1) is 0 Å². The third kappa shape index (κ3) is 1.63. The van der Waals surface area contributed by atoms with Crippen LogP contribution in [0.2, 0.25) is 0 Å². The maximum atomic E-state index is 11.4. The van der Waals surface area contributed by atoms with Gasteiger partial charge in [0.05, 0.1) is 0 Å². The summed E-state index contributed by atoms with van der Waals surface area (Å²) >= 11 is 0. The lowest BCUT2D eigenvalue weighted by molar-refractivity contribution is 0.101. The van der Waals surface area contributed by atoms with Gasteiger partial charge in [0.2, 0.25) is 0 Å². The molecule has 2 aliphatic rings. The second kappa shape index (κ2) is 3.81. The largest absolute Gasteiger partial charge is 0.348 e. The van der Waals surface area contributed by atoms with Crippen LogP contribution in [0.1, 0.15) is 29.9 Å². The molecule has 0 amide bonds. The Morgan fingerprint density at radius 1 is 1.47 bits per heavy atom. The fourth-order valence-electron chi connectivity index (χ4n) is 2.88. The zero-order chi connectivity index (χ0) is 12.0. The van der Waals surface area contributed by atoms with Crippen molar-refractivity contribution in [1.82, 2.24) is 10.3 Å². The zero-order valence-corrected chi connectivity index (χ0v) is 10.2. The number of fused-ring (bicyclic) bond motifs is 3. The van der Waals surface area contributed by atoms with Crippen molar-refractivity contribution in [2.45, 2.75) is 32.4 Å². The highest BCUT2D eigenvalue weighted by Crippen LogP contribution is 2.33. The van der Waals surface area contributed by atoms with Crippen LogP contribution >= 0.6 is 0 Å².